The number of nitrogens with one attached hydrogen (secondary N) is 2. The highest BCUT2D eigenvalue weighted by atomic mass is 79.9. The maximum Gasteiger partial charge on any atom is 0.357 e. The van der Waals surface area contributed by atoms with Gasteiger partial charge in [-0.05, 0) is 37.6 Å². The van der Waals surface area contributed by atoms with Gasteiger partial charge in [0.15, 0.2) is 5.69 Å². The molecule has 2 aromatic rings. The summed E-state index contributed by atoms with van der Waals surface area (Å²) >= 11 is 3.27. The van der Waals surface area contributed by atoms with E-state index < -0.39 is 21.7 Å². The first kappa shape index (κ1) is 15.5. The van der Waals surface area contributed by atoms with Crippen LogP contribution in [-0.2, 0) is 10.0 Å². The highest BCUT2D eigenvalue weighted by Gasteiger charge is 2.28. The summed E-state index contributed by atoms with van der Waals surface area (Å²) < 4.78 is 27.8. The summed E-state index contributed by atoms with van der Waals surface area (Å²) in [5.74, 6) is -1.41. The molecule has 0 aliphatic rings. The second-order valence-corrected chi connectivity index (χ2v) is 6.99. The minimum Gasteiger partial charge on any atom is -0.476 e. The van der Waals surface area contributed by atoms with Crippen molar-refractivity contribution in [3.8, 4) is 0 Å². The Bertz CT molecular complexity index is 794. The van der Waals surface area contributed by atoms with E-state index in [9.17, 15) is 13.2 Å². The molecule has 1 aromatic carbocycles. The number of aromatic carboxylic acids is 1. The van der Waals surface area contributed by atoms with E-state index in [1.807, 2.05) is 13.0 Å². The fraction of sp³-hybridized carbons (Fsp3) is 0.167. The quantitative estimate of drug-likeness (QED) is 0.760. The number of carboxylic acid groups (broad SMARTS) is 1. The van der Waals surface area contributed by atoms with Crippen LogP contribution in [0.5, 0.6) is 0 Å². The van der Waals surface area contributed by atoms with Crippen LogP contribution in [0.25, 0.3) is 0 Å². The SMILES string of the molecule is Cc1cc(Br)cc(NS(=O)(=O)c2c(C(=O)O)n[nH]c2C)c1. The van der Waals surface area contributed by atoms with Gasteiger partial charge in [-0.2, -0.15) is 5.10 Å². The zero-order chi connectivity index (χ0) is 15.8. The first-order chi connectivity index (χ1) is 9.70. The molecule has 21 heavy (non-hydrogen) atoms. The lowest BCUT2D eigenvalue weighted by Gasteiger charge is -2.09. The molecule has 0 saturated carbocycles. The molecule has 0 radical (unpaired) electrons. The summed E-state index contributed by atoms with van der Waals surface area (Å²) in [6, 6.07) is 5.04. The molecule has 3 N–H and O–H groups in total. The molecule has 0 unspecified atom stereocenters. The number of nitrogens with zero attached hydrogens (tertiary/aromatic N) is 1. The third kappa shape index (κ3) is 3.24. The van der Waals surface area contributed by atoms with Crippen molar-refractivity contribution in [2.45, 2.75) is 18.7 Å². The lowest BCUT2D eigenvalue weighted by Crippen LogP contribution is -2.17. The Kier molecular flexibility index (Phi) is 4.06. The lowest BCUT2D eigenvalue weighted by atomic mass is 10.2. The van der Waals surface area contributed by atoms with Gasteiger partial charge in [0.25, 0.3) is 10.0 Å². The van der Waals surface area contributed by atoms with Crippen molar-refractivity contribution in [3.63, 3.8) is 0 Å². The third-order valence-electron chi connectivity index (χ3n) is 2.66. The number of aromatic amines is 1. The Labute approximate surface area is 129 Å². The van der Waals surface area contributed by atoms with Crippen LogP contribution in [0.3, 0.4) is 0 Å². The second-order valence-electron chi connectivity index (χ2n) is 4.45. The van der Waals surface area contributed by atoms with Gasteiger partial charge in [-0.3, -0.25) is 9.82 Å². The molecular weight excluding hydrogens is 362 g/mol. The molecule has 0 saturated heterocycles. The fourth-order valence-corrected chi connectivity index (χ4v) is 3.87. The lowest BCUT2D eigenvalue weighted by molar-refractivity contribution is 0.0686. The van der Waals surface area contributed by atoms with E-state index in [0.717, 1.165) is 5.56 Å². The van der Waals surface area contributed by atoms with Crippen molar-refractivity contribution in [3.05, 3.63) is 39.6 Å². The highest BCUT2D eigenvalue weighted by Crippen LogP contribution is 2.24. The number of hydrogen-bond acceptors (Lipinski definition) is 4. The summed E-state index contributed by atoms with van der Waals surface area (Å²) in [4.78, 5) is 10.7. The van der Waals surface area contributed by atoms with E-state index >= 15 is 0 Å². The van der Waals surface area contributed by atoms with Crippen LogP contribution in [0.1, 0.15) is 21.7 Å². The number of rotatable bonds is 4. The van der Waals surface area contributed by atoms with Crippen molar-refractivity contribution in [1.29, 1.82) is 0 Å². The largest absolute Gasteiger partial charge is 0.476 e. The van der Waals surface area contributed by atoms with E-state index in [2.05, 4.69) is 30.8 Å². The molecule has 112 valence electrons. The van der Waals surface area contributed by atoms with Crippen LogP contribution in [-0.4, -0.2) is 29.7 Å². The van der Waals surface area contributed by atoms with Crippen molar-refractivity contribution in [2.24, 2.45) is 0 Å². The van der Waals surface area contributed by atoms with Gasteiger partial charge in [0, 0.05) is 4.47 Å². The molecule has 2 rings (SSSR count). The molecule has 0 spiro atoms. The summed E-state index contributed by atoms with van der Waals surface area (Å²) in [7, 11) is -4.06. The van der Waals surface area contributed by atoms with E-state index in [-0.39, 0.29) is 10.6 Å². The standard InChI is InChI=1S/C12H12BrN3O4S/c1-6-3-8(13)5-9(4-6)16-21(19,20)11-7(2)14-15-10(11)12(17)18/h3-5,16H,1-2H3,(H,14,15)(H,17,18). The summed E-state index contributed by atoms with van der Waals surface area (Å²) in [6.07, 6.45) is 0. The van der Waals surface area contributed by atoms with Crippen molar-refractivity contribution in [1.82, 2.24) is 10.2 Å². The maximum absolute atomic E-state index is 12.4. The molecule has 0 amide bonds. The minimum absolute atomic E-state index is 0.159. The van der Waals surface area contributed by atoms with Crippen LogP contribution in [0.15, 0.2) is 27.6 Å². The maximum atomic E-state index is 12.4. The average molecular weight is 374 g/mol. The van der Waals surface area contributed by atoms with E-state index in [4.69, 9.17) is 5.11 Å². The number of H-pyrrole nitrogens is 1. The Morgan fingerprint density at radius 3 is 2.57 bits per heavy atom. The molecule has 9 heteroatoms. The first-order valence-corrected chi connectivity index (χ1v) is 8.06. The topological polar surface area (TPSA) is 112 Å². The Hall–Kier alpha value is -1.87. The number of anilines is 1. The molecule has 0 bridgehead atoms. The van der Waals surface area contributed by atoms with Gasteiger partial charge in [0.1, 0.15) is 4.90 Å². The molecule has 0 fully saturated rings. The van der Waals surface area contributed by atoms with Crippen molar-refractivity contribution in [2.75, 3.05) is 4.72 Å². The van der Waals surface area contributed by atoms with Gasteiger partial charge in [-0.1, -0.05) is 15.9 Å². The second kappa shape index (κ2) is 5.49. The first-order valence-electron chi connectivity index (χ1n) is 5.79. The third-order valence-corrected chi connectivity index (χ3v) is 4.66. The van der Waals surface area contributed by atoms with Crippen LogP contribution >= 0.6 is 15.9 Å². The fourth-order valence-electron chi connectivity index (χ4n) is 1.89. The zero-order valence-corrected chi connectivity index (χ0v) is 13.5. The predicted octanol–water partition coefficient (Wildman–Crippen LogP) is 2.29. The van der Waals surface area contributed by atoms with Crippen LogP contribution in [0.4, 0.5) is 5.69 Å². The number of carbonyl (C=O) groups is 1. The van der Waals surface area contributed by atoms with Crippen LogP contribution in [0, 0.1) is 13.8 Å². The molecule has 0 aliphatic heterocycles. The van der Waals surface area contributed by atoms with Gasteiger partial charge >= 0.3 is 5.97 Å². The van der Waals surface area contributed by atoms with E-state index in [1.54, 1.807) is 12.1 Å². The van der Waals surface area contributed by atoms with Crippen molar-refractivity contribution < 1.29 is 18.3 Å². The number of benzene rings is 1. The summed E-state index contributed by atoms with van der Waals surface area (Å²) in [5.41, 5.74) is 0.807. The number of carboxylic acids is 1. The van der Waals surface area contributed by atoms with Gasteiger partial charge in [0.05, 0.1) is 11.4 Å². The molecule has 1 aromatic heterocycles. The van der Waals surface area contributed by atoms with E-state index in [0.29, 0.717) is 10.2 Å². The molecule has 0 atom stereocenters. The molecule has 1 heterocycles. The number of aromatic nitrogens is 2. The van der Waals surface area contributed by atoms with Crippen LogP contribution < -0.4 is 4.72 Å². The number of aryl methyl sites for hydroxylation is 2. The normalized spacial score (nSPS) is 11.4. The van der Waals surface area contributed by atoms with Crippen LogP contribution in [0.2, 0.25) is 0 Å². The predicted molar refractivity (Wildman–Crippen MR) is 80.0 cm³/mol. The molecular formula is C12H12BrN3O4S. The summed E-state index contributed by atoms with van der Waals surface area (Å²) in [6.45, 7) is 3.26. The van der Waals surface area contributed by atoms with Gasteiger partial charge < -0.3 is 5.11 Å². The summed E-state index contributed by atoms with van der Waals surface area (Å²) in [5, 5.41) is 14.9. The smallest absolute Gasteiger partial charge is 0.357 e. The Morgan fingerprint density at radius 1 is 1.33 bits per heavy atom. The van der Waals surface area contributed by atoms with Gasteiger partial charge in [-0.15, -0.1) is 0 Å². The zero-order valence-electron chi connectivity index (χ0n) is 11.1. The monoisotopic (exact) mass is 373 g/mol. The number of halogens is 1. The Balaban J connectivity index is 2.48. The highest BCUT2D eigenvalue weighted by molar-refractivity contribution is 9.10. The van der Waals surface area contributed by atoms with E-state index in [1.165, 1.54) is 6.92 Å². The van der Waals surface area contributed by atoms with Crippen molar-refractivity contribution >= 4 is 37.6 Å². The molecule has 0 aliphatic carbocycles. The van der Waals surface area contributed by atoms with Gasteiger partial charge in [-0.25, -0.2) is 13.2 Å². The average Bonchev–Trinajstić information content (AvgIpc) is 2.69. The minimum atomic E-state index is -4.06. The number of hydrogen-bond donors (Lipinski definition) is 3. The number of sulfonamides is 1. The molecule has 7 nitrogen and oxygen atoms in total. The van der Waals surface area contributed by atoms with Gasteiger partial charge in [0.2, 0.25) is 0 Å². The Morgan fingerprint density at radius 2 is 2.00 bits per heavy atom.